The highest BCUT2D eigenvalue weighted by atomic mass is 35.5. The standard InChI is InChI=1S/C22H20Cl2N2O4/c1-13-19(22(28)25-8-10-30-11-9-25)16-12-14(29-2)6-7-18(16)26(13)21(27)15-4-3-5-17(23)20(15)24/h3-7,12H,8-11H2,1-2H3. The predicted molar refractivity (Wildman–Crippen MR) is 116 cm³/mol. The van der Waals surface area contributed by atoms with E-state index in [2.05, 4.69) is 0 Å². The largest absolute Gasteiger partial charge is 0.497 e. The average Bonchev–Trinajstić information content (AvgIpc) is 3.06. The number of ether oxygens (including phenoxy) is 2. The van der Waals surface area contributed by atoms with Crippen molar-refractivity contribution in [2.75, 3.05) is 33.4 Å². The zero-order valence-electron chi connectivity index (χ0n) is 16.6. The lowest BCUT2D eigenvalue weighted by Crippen LogP contribution is -2.41. The SMILES string of the molecule is COc1ccc2c(c1)c(C(=O)N1CCOCC1)c(C)n2C(=O)c1cccc(Cl)c1Cl. The minimum atomic E-state index is -0.351. The minimum absolute atomic E-state index is 0.141. The van der Waals surface area contributed by atoms with E-state index in [1.165, 1.54) is 4.57 Å². The van der Waals surface area contributed by atoms with E-state index in [9.17, 15) is 9.59 Å². The number of halogens is 2. The number of hydrogen-bond donors (Lipinski definition) is 0. The van der Waals surface area contributed by atoms with Crippen molar-refractivity contribution in [1.82, 2.24) is 9.47 Å². The van der Waals surface area contributed by atoms with Crippen LogP contribution in [0.1, 0.15) is 26.4 Å². The molecule has 1 fully saturated rings. The van der Waals surface area contributed by atoms with Crippen LogP contribution in [0.4, 0.5) is 0 Å². The summed E-state index contributed by atoms with van der Waals surface area (Å²) in [6.07, 6.45) is 0. The van der Waals surface area contributed by atoms with Crippen molar-refractivity contribution in [2.24, 2.45) is 0 Å². The molecule has 0 radical (unpaired) electrons. The molecule has 0 aliphatic carbocycles. The lowest BCUT2D eigenvalue weighted by molar-refractivity contribution is 0.0303. The van der Waals surface area contributed by atoms with Gasteiger partial charge in [0, 0.05) is 24.2 Å². The fourth-order valence-electron chi connectivity index (χ4n) is 3.77. The molecule has 0 N–H and O–H groups in total. The fraction of sp³-hybridized carbons (Fsp3) is 0.273. The molecule has 1 aliphatic heterocycles. The first kappa shape index (κ1) is 20.7. The topological polar surface area (TPSA) is 60.8 Å². The first-order valence-corrected chi connectivity index (χ1v) is 10.2. The molecule has 0 saturated carbocycles. The third kappa shape index (κ3) is 3.45. The molecule has 8 heteroatoms. The van der Waals surface area contributed by atoms with Gasteiger partial charge in [-0.05, 0) is 37.3 Å². The summed E-state index contributed by atoms with van der Waals surface area (Å²) in [5, 5.41) is 1.12. The van der Waals surface area contributed by atoms with Gasteiger partial charge in [0.15, 0.2) is 0 Å². The second-order valence-corrected chi connectivity index (χ2v) is 7.78. The molecule has 3 aromatic rings. The first-order valence-electron chi connectivity index (χ1n) is 9.48. The molecular weight excluding hydrogens is 427 g/mol. The lowest BCUT2D eigenvalue weighted by Gasteiger charge is -2.27. The van der Waals surface area contributed by atoms with E-state index < -0.39 is 0 Å². The number of benzene rings is 2. The number of carbonyl (C=O) groups excluding carboxylic acids is 2. The van der Waals surface area contributed by atoms with Gasteiger partial charge in [0.25, 0.3) is 11.8 Å². The van der Waals surface area contributed by atoms with Crippen molar-refractivity contribution in [1.29, 1.82) is 0 Å². The fourth-order valence-corrected chi connectivity index (χ4v) is 4.15. The van der Waals surface area contributed by atoms with Crippen molar-refractivity contribution in [3.8, 4) is 5.75 Å². The average molecular weight is 447 g/mol. The van der Waals surface area contributed by atoms with E-state index in [-0.39, 0.29) is 22.4 Å². The summed E-state index contributed by atoms with van der Waals surface area (Å²) in [7, 11) is 1.56. The summed E-state index contributed by atoms with van der Waals surface area (Å²) in [6.45, 7) is 3.75. The molecule has 1 saturated heterocycles. The van der Waals surface area contributed by atoms with Gasteiger partial charge in [0.2, 0.25) is 0 Å². The van der Waals surface area contributed by atoms with Crippen molar-refractivity contribution < 1.29 is 19.1 Å². The Morgan fingerprint density at radius 3 is 2.50 bits per heavy atom. The van der Waals surface area contributed by atoms with E-state index in [4.69, 9.17) is 32.7 Å². The van der Waals surface area contributed by atoms with Crippen molar-refractivity contribution in [3.63, 3.8) is 0 Å². The summed E-state index contributed by atoms with van der Waals surface area (Å²) < 4.78 is 12.2. The molecule has 4 rings (SSSR count). The smallest absolute Gasteiger partial charge is 0.264 e. The number of rotatable bonds is 3. The maximum absolute atomic E-state index is 13.5. The van der Waals surface area contributed by atoms with Crippen LogP contribution in [0.15, 0.2) is 36.4 Å². The van der Waals surface area contributed by atoms with Crippen LogP contribution in [-0.2, 0) is 4.74 Å². The molecule has 1 amide bonds. The summed E-state index contributed by atoms with van der Waals surface area (Å²) in [5.74, 6) is 0.109. The van der Waals surface area contributed by atoms with Gasteiger partial charge in [-0.15, -0.1) is 0 Å². The second-order valence-electron chi connectivity index (χ2n) is 6.99. The van der Waals surface area contributed by atoms with Crippen molar-refractivity contribution >= 4 is 45.9 Å². The first-order chi connectivity index (χ1) is 14.4. The molecule has 0 unspecified atom stereocenters. The van der Waals surface area contributed by atoms with E-state index in [0.29, 0.717) is 59.2 Å². The molecule has 6 nitrogen and oxygen atoms in total. The quantitative estimate of drug-likeness (QED) is 0.596. The maximum atomic E-state index is 13.5. The van der Waals surface area contributed by atoms with Gasteiger partial charge in [-0.2, -0.15) is 0 Å². The van der Waals surface area contributed by atoms with Gasteiger partial charge >= 0.3 is 0 Å². The molecule has 30 heavy (non-hydrogen) atoms. The van der Waals surface area contributed by atoms with Gasteiger partial charge in [-0.3, -0.25) is 14.2 Å². The Kier molecular flexibility index (Phi) is 5.73. The molecule has 1 aromatic heterocycles. The number of fused-ring (bicyclic) bond motifs is 1. The molecule has 0 atom stereocenters. The van der Waals surface area contributed by atoms with Crippen LogP contribution in [0, 0.1) is 6.92 Å². The highest BCUT2D eigenvalue weighted by molar-refractivity contribution is 6.44. The normalized spacial score (nSPS) is 14.2. The molecule has 0 bridgehead atoms. The lowest BCUT2D eigenvalue weighted by atomic mass is 10.1. The van der Waals surface area contributed by atoms with E-state index in [1.807, 2.05) is 0 Å². The van der Waals surface area contributed by atoms with Crippen LogP contribution in [-0.4, -0.2) is 54.7 Å². The maximum Gasteiger partial charge on any atom is 0.264 e. The number of nitrogens with zero attached hydrogens (tertiary/aromatic N) is 2. The van der Waals surface area contributed by atoms with Gasteiger partial charge in [0.05, 0.1) is 47.0 Å². The van der Waals surface area contributed by atoms with E-state index in [1.54, 1.807) is 55.3 Å². The number of carbonyl (C=O) groups is 2. The number of aromatic nitrogens is 1. The third-order valence-corrected chi connectivity index (χ3v) is 6.13. The molecule has 1 aliphatic rings. The second kappa shape index (κ2) is 8.30. The summed E-state index contributed by atoms with van der Waals surface area (Å²) in [5.41, 5.74) is 1.88. The Morgan fingerprint density at radius 2 is 1.80 bits per heavy atom. The van der Waals surface area contributed by atoms with Crippen molar-refractivity contribution in [3.05, 3.63) is 63.3 Å². The number of morpholine rings is 1. The highest BCUT2D eigenvalue weighted by Gasteiger charge is 2.29. The van der Waals surface area contributed by atoms with Crippen LogP contribution in [0.3, 0.4) is 0 Å². The number of methoxy groups -OCH3 is 1. The van der Waals surface area contributed by atoms with Crippen LogP contribution in [0.2, 0.25) is 10.0 Å². The zero-order chi connectivity index (χ0) is 21.4. The van der Waals surface area contributed by atoms with Crippen LogP contribution in [0.25, 0.3) is 10.9 Å². The summed E-state index contributed by atoms with van der Waals surface area (Å²) >= 11 is 12.4. The van der Waals surface area contributed by atoms with Gasteiger partial charge in [-0.1, -0.05) is 29.3 Å². The Balaban J connectivity index is 1.92. The van der Waals surface area contributed by atoms with E-state index in [0.717, 1.165) is 0 Å². The molecule has 2 heterocycles. The number of hydrogen-bond acceptors (Lipinski definition) is 4. The molecule has 0 spiro atoms. The summed E-state index contributed by atoms with van der Waals surface area (Å²) in [4.78, 5) is 28.6. The zero-order valence-corrected chi connectivity index (χ0v) is 18.1. The third-order valence-electron chi connectivity index (χ3n) is 5.31. The van der Waals surface area contributed by atoms with Crippen LogP contribution >= 0.6 is 23.2 Å². The van der Waals surface area contributed by atoms with Gasteiger partial charge < -0.3 is 14.4 Å². The monoisotopic (exact) mass is 446 g/mol. The van der Waals surface area contributed by atoms with Gasteiger partial charge in [0.1, 0.15) is 5.75 Å². The Morgan fingerprint density at radius 1 is 1.07 bits per heavy atom. The molecular formula is C22H20Cl2N2O4. The van der Waals surface area contributed by atoms with Crippen LogP contribution in [0.5, 0.6) is 5.75 Å². The minimum Gasteiger partial charge on any atom is -0.497 e. The Bertz CT molecular complexity index is 1150. The number of amides is 1. The molecule has 2 aromatic carbocycles. The van der Waals surface area contributed by atoms with Crippen molar-refractivity contribution in [2.45, 2.75) is 6.92 Å². The molecule has 156 valence electrons. The Labute approximate surface area is 183 Å². The van der Waals surface area contributed by atoms with Gasteiger partial charge in [-0.25, -0.2) is 0 Å². The summed E-state index contributed by atoms with van der Waals surface area (Å²) in [6, 6.07) is 10.2. The Hall–Kier alpha value is -2.54. The van der Waals surface area contributed by atoms with E-state index >= 15 is 0 Å². The van der Waals surface area contributed by atoms with Crippen LogP contribution < -0.4 is 4.74 Å². The highest BCUT2D eigenvalue weighted by Crippen LogP contribution is 2.33. The predicted octanol–water partition coefficient (Wildman–Crippen LogP) is 4.43.